The number of hydrogen-bond acceptors (Lipinski definition) is 2. The van der Waals surface area contributed by atoms with E-state index in [1.807, 2.05) is 6.07 Å². The van der Waals surface area contributed by atoms with Crippen LogP contribution in [0.2, 0.25) is 0 Å². The number of fused-ring (bicyclic) bond motifs is 1. The molecule has 0 amide bonds. The Morgan fingerprint density at radius 1 is 1.35 bits per heavy atom. The number of para-hydroxylation sites is 1. The van der Waals surface area contributed by atoms with Gasteiger partial charge in [0.15, 0.2) is 0 Å². The maximum Gasteiger partial charge on any atom is 0.122 e. The van der Waals surface area contributed by atoms with Crippen LogP contribution in [0, 0.1) is 5.92 Å². The molecule has 0 spiro atoms. The summed E-state index contributed by atoms with van der Waals surface area (Å²) in [5.41, 5.74) is 1.36. The molecule has 1 aromatic rings. The van der Waals surface area contributed by atoms with Gasteiger partial charge in [0, 0.05) is 24.1 Å². The van der Waals surface area contributed by atoms with Crippen molar-refractivity contribution in [2.45, 2.75) is 39.2 Å². The summed E-state index contributed by atoms with van der Waals surface area (Å²) in [7, 11) is 0. The van der Waals surface area contributed by atoms with Crippen LogP contribution in [0.5, 0.6) is 5.75 Å². The SMILES string of the molecule is CCC(NCC1COc2ccccc21)C(C)C. The molecule has 1 aliphatic rings. The second kappa shape index (κ2) is 5.54. The van der Waals surface area contributed by atoms with Gasteiger partial charge in [-0.05, 0) is 18.4 Å². The zero-order valence-electron chi connectivity index (χ0n) is 11.1. The van der Waals surface area contributed by atoms with E-state index in [2.05, 4.69) is 44.3 Å². The lowest BCUT2D eigenvalue weighted by Crippen LogP contribution is -2.36. The van der Waals surface area contributed by atoms with E-state index in [-0.39, 0.29) is 0 Å². The molecule has 0 radical (unpaired) electrons. The lowest BCUT2D eigenvalue weighted by molar-refractivity contribution is 0.310. The molecule has 1 aromatic carbocycles. The van der Waals surface area contributed by atoms with Gasteiger partial charge in [0.05, 0.1) is 6.61 Å². The van der Waals surface area contributed by atoms with Crippen molar-refractivity contribution < 1.29 is 4.74 Å². The van der Waals surface area contributed by atoms with E-state index < -0.39 is 0 Å². The summed E-state index contributed by atoms with van der Waals surface area (Å²) in [6, 6.07) is 9.00. The van der Waals surface area contributed by atoms with Gasteiger partial charge in [-0.3, -0.25) is 0 Å². The summed E-state index contributed by atoms with van der Waals surface area (Å²) in [5, 5.41) is 3.67. The summed E-state index contributed by atoms with van der Waals surface area (Å²) >= 11 is 0. The standard InChI is InChI=1S/C15H23NO/c1-4-14(11(2)3)16-9-12-10-17-15-8-6-5-7-13(12)15/h5-8,11-12,14,16H,4,9-10H2,1-3H3. The van der Waals surface area contributed by atoms with Crippen LogP contribution in [0.3, 0.4) is 0 Å². The summed E-state index contributed by atoms with van der Waals surface area (Å²) in [5.74, 6) is 2.27. The molecule has 2 rings (SSSR count). The minimum Gasteiger partial charge on any atom is -0.493 e. The van der Waals surface area contributed by atoms with Crippen molar-refractivity contribution in [2.24, 2.45) is 5.92 Å². The zero-order valence-corrected chi connectivity index (χ0v) is 11.1. The highest BCUT2D eigenvalue weighted by atomic mass is 16.5. The molecule has 2 nitrogen and oxygen atoms in total. The third-order valence-electron chi connectivity index (χ3n) is 3.67. The van der Waals surface area contributed by atoms with Crippen LogP contribution in [0.4, 0.5) is 0 Å². The van der Waals surface area contributed by atoms with E-state index in [4.69, 9.17) is 4.74 Å². The van der Waals surface area contributed by atoms with Gasteiger partial charge in [0.25, 0.3) is 0 Å². The lowest BCUT2D eigenvalue weighted by atomic mass is 9.98. The first kappa shape index (κ1) is 12.4. The van der Waals surface area contributed by atoms with Crippen LogP contribution in [0.15, 0.2) is 24.3 Å². The Bertz CT molecular complexity index is 362. The fourth-order valence-corrected chi connectivity index (χ4v) is 2.54. The molecular weight excluding hydrogens is 210 g/mol. The summed E-state index contributed by atoms with van der Waals surface area (Å²) in [4.78, 5) is 0. The minimum atomic E-state index is 0.513. The average Bonchev–Trinajstić information content (AvgIpc) is 2.73. The molecule has 0 saturated carbocycles. The first-order valence-corrected chi connectivity index (χ1v) is 6.67. The van der Waals surface area contributed by atoms with E-state index >= 15 is 0 Å². The van der Waals surface area contributed by atoms with Crippen LogP contribution in [0.25, 0.3) is 0 Å². The maximum absolute atomic E-state index is 5.70. The monoisotopic (exact) mass is 233 g/mol. The molecule has 2 heteroatoms. The molecule has 94 valence electrons. The normalized spacial score (nSPS) is 20.1. The third-order valence-corrected chi connectivity index (χ3v) is 3.67. The second-order valence-corrected chi connectivity index (χ2v) is 5.21. The highest BCUT2D eigenvalue weighted by Crippen LogP contribution is 2.32. The number of hydrogen-bond donors (Lipinski definition) is 1. The van der Waals surface area contributed by atoms with Gasteiger partial charge in [-0.1, -0.05) is 39.0 Å². The molecule has 0 aliphatic carbocycles. The van der Waals surface area contributed by atoms with Gasteiger partial charge >= 0.3 is 0 Å². The summed E-state index contributed by atoms with van der Waals surface area (Å²) < 4.78 is 5.70. The van der Waals surface area contributed by atoms with Crippen LogP contribution in [0.1, 0.15) is 38.7 Å². The van der Waals surface area contributed by atoms with E-state index in [1.54, 1.807) is 0 Å². The Hall–Kier alpha value is -1.02. The Labute approximate surface area is 104 Å². The summed E-state index contributed by atoms with van der Waals surface area (Å²) in [6.45, 7) is 8.64. The molecule has 2 atom stereocenters. The number of rotatable bonds is 5. The predicted molar refractivity (Wildman–Crippen MR) is 71.6 cm³/mol. The third kappa shape index (κ3) is 2.81. The fourth-order valence-electron chi connectivity index (χ4n) is 2.54. The fraction of sp³-hybridized carbons (Fsp3) is 0.600. The van der Waals surface area contributed by atoms with Gasteiger partial charge in [0.2, 0.25) is 0 Å². The molecule has 2 unspecified atom stereocenters. The molecule has 1 N–H and O–H groups in total. The van der Waals surface area contributed by atoms with Crippen molar-refractivity contribution in [3.8, 4) is 5.75 Å². The van der Waals surface area contributed by atoms with Gasteiger partial charge in [-0.15, -0.1) is 0 Å². The van der Waals surface area contributed by atoms with Crippen molar-refractivity contribution in [1.29, 1.82) is 0 Å². The highest BCUT2D eigenvalue weighted by Gasteiger charge is 2.24. The van der Waals surface area contributed by atoms with Crippen LogP contribution in [-0.2, 0) is 0 Å². The predicted octanol–water partition coefficient (Wildman–Crippen LogP) is 3.19. The van der Waals surface area contributed by atoms with Gasteiger partial charge in [-0.25, -0.2) is 0 Å². The van der Waals surface area contributed by atoms with E-state index in [1.165, 1.54) is 12.0 Å². The van der Waals surface area contributed by atoms with Crippen molar-refractivity contribution in [2.75, 3.05) is 13.2 Å². The Morgan fingerprint density at radius 3 is 2.82 bits per heavy atom. The van der Waals surface area contributed by atoms with Crippen LogP contribution in [-0.4, -0.2) is 19.2 Å². The molecule has 0 saturated heterocycles. The Morgan fingerprint density at radius 2 is 2.12 bits per heavy atom. The first-order chi connectivity index (χ1) is 8.22. The van der Waals surface area contributed by atoms with Crippen molar-refractivity contribution in [1.82, 2.24) is 5.32 Å². The minimum absolute atomic E-state index is 0.513. The average molecular weight is 233 g/mol. The Kier molecular flexibility index (Phi) is 4.06. The second-order valence-electron chi connectivity index (χ2n) is 5.21. The van der Waals surface area contributed by atoms with E-state index in [9.17, 15) is 0 Å². The molecule has 0 aromatic heterocycles. The number of nitrogens with one attached hydrogen (secondary N) is 1. The van der Waals surface area contributed by atoms with Crippen LogP contribution >= 0.6 is 0 Å². The summed E-state index contributed by atoms with van der Waals surface area (Å²) in [6.07, 6.45) is 1.19. The molecule has 0 fully saturated rings. The van der Waals surface area contributed by atoms with Gasteiger partial charge < -0.3 is 10.1 Å². The topological polar surface area (TPSA) is 21.3 Å². The highest BCUT2D eigenvalue weighted by molar-refractivity contribution is 5.39. The van der Waals surface area contributed by atoms with Crippen molar-refractivity contribution >= 4 is 0 Å². The maximum atomic E-state index is 5.70. The van der Waals surface area contributed by atoms with Crippen molar-refractivity contribution in [3.05, 3.63) is 29.8 Å². The largest absolute Gasteiger partial charge is 0.493 e. The molecule has 17 heavy (non-hydrogen) atoms. The molecule has 1 heterocycles. The van der Waals surface area contributed by atoms with Gasteiger partial charge in [-0.2, -0.15) is 0 Å². The molecular formula is C15H23NO. The van der Waals surface area contributed by atoms with E-state index in [0.717, 1.165) is 18.9 Å². The van der Waals surface area contributed by atoms with Crippen LogP contribution < -0.4 is 10.1 Å². The Balaban J connectivity index is 1.93. The smallest absolute Gasteiger partial charge is 0.122 e. The van der Waals surface area contributed by atoms with Gasteiger partial charge in [0.1, 0.15) is 5.75 Å². The zero-order chi connectivity index (χ0) is 12.3. The lowest BCUT2D eigenvalue weighted by Gasteiger charge is -2.22. The molecule has 0 bridgehead atoms. The number of ether oxygens (including phenoxy) is 1. The molecule has 1 aliphatic heterocycles. The van der Waals surface area contributed by atoms with E-state index in [0.29, 0.717) is 17.9 Å². The number of benzene rings is 1. The first-order valence-electron chi connectivity index (χ1n) is 6.67. The van der Waals surface area contributed by atoms with Crippen molar-refractivity contribution in [3.63, 3.8) is 0 Å². The quantitative estimate of drug-likeness (QED) is 0.843.